The zero-order valence-corrected chi connectivity index (χ0v) is 13.3. The third-order valence-electron chi connectivity index (χ3n) is 3.60. The first-order valence-corrected chi connectivity index (χ1v) is 8.19. The van der Waals surface area contributed by atoms with Gasteiger partial charge >= 0.3 is 12.1 Å². The summed E-state index contributed by atoms with van der Waals surface area (Å²) in [6.07, 6.45) is -4.22. The van der Waals surface area contributed by atoms with Gasteiger partial charge in [0.1, 0.15) is 5.54 Å². The molecule has 2 rings (SSSR count). The predicted octanol–water partition coefficient (Wildman–Crippen LogP) is 3.44. The highest BCUT2D eigenvalue weighted by molar-refractivity contribution is 7.99. The van der Waals surface area contributed by atoms with Gasteiger partial charge in [0.15, 0.2) is 0 Å². The number of thioether (sulfide) groups is 1. The lowest BCUT2D eigenvalue weighted by molar-refractivity contribution is -0.145. The molecule has 23 heavy (non-hydrogen) atoms. The lowest BCUT2D eigenvalue weighted by Gasteiger charge is -2.33. The fourth-order valence-electron chi connectivity index (χ4n) is 2.29. The van der Waals surface area contributed by atoms with Crippen LogP contribution in [0.25, 0.3) is 0 Å². The number of benzene rings is 1. The maximum absolute atomic E-state index is 12.8. The summed E-state index contributed by atoms with van der Waals surface area (Å²) < 4.78 is 38.4. The number of carbonyl (C=O) groups is 2. The summed E-state index contributed by atoms with van der Waals surface area (Å²) in [5, 5.41) is 11.5. The number of hydrogen-bond donors (Lipinski definition) is 2. The van der Waals surface area contributed by atoms with E-state index in [-0.39, 0.29) is 23.4 Å². The second kappa shape index (κ2) is 6.60. The molecule has 0 atom stereocenters. The summed E-state index contributed by atoms with van der Waals surface area (Å²) in [6, 6.07) is 2.45. The SMILES string of the molecule is O=C(NC1(C(=O)O)CCSCC1)c1cc(Cl)cc(C(F)(F)F)c1. The number of carboxylic acids is 1. The second-order valence-corrected chi connectivity index (χ2v) is 6.84. The van der Waals surface area contributed by atoms with Crippen LogP contribution in [-0.2, 0) is 11.0 Å². The van der Waals surface area contributed by atoms with Crippen LogP contribution in [0.1, 0.15) is 28.8 Å². The molecule has 1 aromatic rings. The molecule has 126 valence electrons. The Kier molecular flexibility index (Phi) is 5.15. The number of rotatable bonds is 3. The Bertz CT molecular complexity index is 630. The molecule has 0 aliphatic carbocycles. The predicted molar refractivity (Wildman–Crippen MR) is 80.8 cm³/mol. The molecule has 0 radical (unpaired) electrons. The molecular weight excluding hydrogens is 355 g/mol. The Morgan fingerprint density at radius 1 is 1.22 bits per heavy atom. The first-order chi connectivity index (χ1) is 10.6. The van der Waals surface area contributed by atoms with Crippen molar-refractivity contribution in [3.8, 4) is 0 Å². The Morgan fingerprint density at radius 2 is 1.83 bits per heavy atom. The highest BCUT2D eigenvalue weighted by atomic mass is 35.5. The van der Waals surface area contributed by atoms with Crippen LogP contribution in [0.2, 0.25) is 5.02 Å². The standard InChI is InChI=1S/C14H13ClF3NO3S/c15-10-6-8(5-9(7-10)14(16,17)18)11(20)19-13(12(21)22)1-3-23-4-2-13/h5-7H,1-4H2,(H,19,20)(H,21,22). The normalized spacial score (nSPS) is 17.6. The molecule has 0 spiro atoms. The van der Waals surface area contributed by atoms with Crippen molar-refractivity contribution >= 4 is 35.2 Å². The minimum Gasteiger partial charge on any atom is -0.480 e. The van der Waals surface area contributed by atoms with Gasteiger partial charge in [-0.15, -0.1) is 0 Å². The van der Waals surface area contributed by atoms with E-state index < -0.39 is 29.2 Å². The van der Waals surface area contributed by atoms with E-state index in [1.807, 2.05) is 0 Å². The highest BCUT2D eigenvalue weighted by Crippen LogP contribution is 2.32. The first-order valence-electron chi connectivity index (χ1n) is 6.65. The average Bonchev–Trinajstić information content (AvgIpc) is 2.46. The third kappa shape index (κ3) is 4.11. The molecule has 1 fully saturated rings. The van der Waals surface area contributed by atoms with Gasteiger partial charge in [0.05, 0.1) is 5.56 Å². The third-order valence-corrected chi connectivity index (χ3v) is 4.80. The van der Waals surface area contributed by atoms with E-state index in [9.17, 15) is 27.9 Å². The molecule has 9 heteroatoms. The van der Waals surface area contributed by atoms with E-state index in [4.69, 9.17) is 11.6 Å². The Morgan fingerprint density at radius 3 is 2.35 bits per heavy atom. The van der Waals surface area contributed by atoms with Crippen molar-refractivity contribution < 1.29 is 27.9 Å². The summed E-state index contributed by atoms with van der Waals surface area (Å²) in [4.78, 5) is 23.8. The fourth-order valence-corrected chi connectivity index (χ4v) is 3.71. The molecule has 4 nitrogen and oxygen atoms in total. The maximum Gasteiger partial charge on any atom is 0.416 e. The van der Waals surface area contributed by atoms with Gasteiger partial charge < -0.3 is 10.4 Å². The number of hydrogen-bond acceptors (Lipinski definition) is 3. The fraction of sp³-hybridized carbons (Fsp3) is 0.429. The number of alkyl halides is 3. The molecule has 0 unspecified atom stereocenters. The minimum atomic E-state index is -4.65. The molecule has 1 saturated heterocycles. The molecule has 2 N–H and O–H groups in total. The van der Waals surface area contributed by atoms with E-state index in [0.717, 1.165) is 6.07 Å². The Hall–Kier alpha value is -1.41. The lowest BCUT2D eigenvalue weighted by atomic mass is 9.91. The summed E-state index contributed by atoms with van der Waals surface area (Å²) in [6.45, 7) is 0. The van der Waals surface area contributed by atoms with Crippen LogP contribution in [-0.4, -0.2) is 34.0 Å². The summed E-state index contributed by atoms with van der Waals surface area (Å²) >= 11 is 7.20. The van der Waals surface area contributed by atoms with Gasteiger partial charge in [0, 0.05) is 10.6 Å². The monoisotopic (exact) mass is 367 g/mol. The molecular formula is C14H13ClF3NO3S. The maximum atomic E-state index is 12.8. The zero-order chi connectivity index (χ0) is 17.3. The number of carbonyl (C=O) groups excluding carboxylic acids is 1. The van der Waals surface area contributed by atoms with Gasteiger partial charge in [-0.25, -0.2) is 4.79 Å². The van der Waals surface area contributed by atoms with Crippen molar-refractivity contribution in [1.29, 1.82) is 0 Å². The molecule has 1 aliphatic heterocycles. The largest absolute Gasteiger partial charge is 0.480 e. The van der Waals surface area contributed by atoms with Crippen LogP contribution in [0, 0.1) is 0 Å². The smallest absolute Gasteiger partial charge is 0.416 e. The number of amides is 1. The van der Waals surface area contributed by atoms with Gasteiger partial charge in [-0.1, -0.05) is 11.6 Å². The first kappa shape index (κ1) is 17.9. The van der Waals surface area contributed by atoms with Crippen molar-refractivity contribution in [2.75, 3.05) is 11.5 Å². The Labute approximate surface area is 139 Å². The van der Waals surface area contributed by atoms with Crippen LogP contribution in [0.4, 0.5) is 13.2 Å². The average molecular weight is 368 g/mol. The molecule has 0 aromatic heterocycles. The quantitative estimate of drug-likeness (QED) is 0.859. The van der Waals surface area contributed by atoms with Crippen molar-refractivity contribution in [2.45, 2.75) is 24.6 Å². The second-order valence-electron chi connectivity index (χ2n) is 5.18. The van der Waals surface area contributed by atoms with Crippen molar-refractivity contribution in [1.82, 2.24) is 5.32 Å². The minimum absolute atomic E-state index is 0.214. The molecule has 1 aliphatic rings. The van der Waals surface area contributed by atoms with E-state index in [1.165, 1.54) is 0 Å². The van der Waals surface area contributed by atoms with E-state index >= 15 is 0 Å². The topological polar surface area (TPSA) is 66.4 Å². The van der Waals surface area contributed by atoms with Crippen LogP contribution in [0.3, 0.4) is 0 Å². The van der Waals surface area contributed by atoms with Gasteiger partial charge in [-0.2, -0.15) is 24.9 Å². The lowest BCUT2D eigenvalue weighted by Crippen LogP contribution is -2.56. The number of halogens is 4. The van der Waals surface area contributed by atoms with Crippen LogP contribution >= 0.6 is 23.4 Å². The van der Waals surface area contributed by atoms with Gasteiger partial charge in [0.25, 0.3) is 5.91 Å². The van der Waals surface area contributed by atoms with Crippen LogP contribution < -0.4 is 5.32 Å². The zero-order valence-electron chi connectivity index (χ0n) is 11.7. The molecule has 0 saturated carbocycles. The van der Waals surface area contributed by atoms with E-state index in [1.54, 1.807) is 11.8 Å². The summed E-state index contributed by atoms with van der Waals surface area (Å²) in [5.74, 6) is -0.970. The van der Waals surface area contributed by atoms with Gasteiger partial charge in [0.2, 0.25) is 0 Å². The summed E-state index contributed by atoms with van der Waals surface area (Å²) in [5.41, 5.74) is -2.83. The number of aliphatic carboxylic acids is 1. The van der Waals surface area contributed by atoms with E-state index in [2.05, 4.69) is 5.32 Å². The van der Waals surface area contributed by atoms with Crippen molar-refractivity contribution in [3.05, 3.63) is 34.3 Å². The highest BCUT2D eigenvalue weighted by Gasteiger charge is 2.41. The molecule has 1 aromatic carbocycles. The molecule has 1 heterocycles. The van der Waals surface area contributed by atoms with Crippen LogP contribution in [0.5, 0.6) is 0 Å². The van der Waals surface area contributed by atoms with E-state index in [0.29, 0.717) is 23.6 Å². The number of carboxylic acid groups (broad SMARTS) is 1. The summed E-state index contributed by atoms with van der Waals surface area (Å²) in [7, 11) is 0. The van der Waals surface area contributed by atoms with Gasteiger partial charge in [-0.3, -0.25) is 4.79 Å². The van der Waals surface area contributed by atoms with Crippen molar-refractivity contribution in [2.24, 2.45) is 0 Å². The van der Waals surface area contributed by atoms with Crippen molar-refractivity contribution in [3.63, 3.8) is 0 Å². The van der Waals surface area contributed by atoms with Crippen LogP contribution in [0.15, 0.2) is 18.2 Å². The molecule has 0 bridgehead atoms. The number of nitrogens with one attached hydrogen (secondary N) is 1. The Balaban J connectivity index is 2.29. The molecule has 1 amide bonds. The van der Waals surface area contributed by atoms with Gasteiger partial charge in [-0.05, 0) is 42.5 Å².